The number of rotatable bonds is 8. The summed E-state index contributed by atoms with van der Waals surface area (Å²) in [5, 5.41) is 9.46. The lowest BCUT2D eigenvalue weighted by Crippen LogP contribution is -2.52. The summed E-state index contributed by atoms with van der Waals surface area (Å²) in [6, 6.07) is 9.82. The minimum Gasteiger partial charge on any atom is -0.379 e. The third-order valence-corrected chi connectivity index (χ3v) is 4.55. The first kappa shape index (κ1) is 21.2. The van der Waals surface area contributed by atoms with Crippen LogP contribution in [0.4, 0.5) is 5.69 Å². The van der Waals surface area contributed by atoms with Gasteiger partial charge in [-0.1, -0.05) is 32.0 Å². The molecule has 0 aromatic heterocycles. The highest BCUT2D eigenvalue weighted by molar-refractivity contribution is 5.94. The molecule has 0 spiro atoms. The monoisotopic (exact) mass is 375 g/mol. The van der Waals surface area contributed by atoms with Crippen LogP contribution in [0.5, 0.6) is 0 Å². The van der Waals surface area contributed by atoms with E-state index >= 15 is 0 Å². The van der Waals surface area contributed by atoms with Crippen LogP contribution in [0.1, 0.15) is 20.8 Å². The summed E-state index contributed by atoms with van der Waals surface area (Å²) in [7, 11) is 0. The van der Waals surface area contributed by atoms with Crippen LogP contribution in [0.15, 0.2) is 35.3 Å². The van der Waals surface area contributed by atoms with Gasteiger partial charge in [0.05, 0.1) is 13.2 Å². The second-order valence-corrected chi connectivity index (χ2v) is 6.95. The van der Waals surface area contributed by atoms with Crippen molar-refractivity contribution in [3.63, 3.8) is 0 Å². The topological polar surface area (TPSA) is 78.0 Å². The highest BCUT2D eigenvalue weighted by Crippen LogP contribution is 2.12. The minimum absolute atomic E-state index is 0.0775. The number of carbonyl (C=O) groups excluding carboxylic acids is 1. The van der Waals surface area contributed by atoms with Crippen LogP contribution < -0.4 is 16.0 Å². The molecule has 7 heteroatoms. The van der Waals surface area contributed by atoms with Gasteiger partial charge in [-0.25, -0.2) is 4.99 Å². The van der Waals surface area contributed by atoms with E-state index < -0.39 is 0 Å². The average Bonchev–Trinajstić information content (AvgIpc) is 2.67. The molecular formula is C20H33N5O2. The van der Waals surface area contributed by atoms with E-state index in [1.807, 2.05) is 37.3 Å². The molecule has 1 aromatic rings. The van der Waals surface area contributed by atoms with E-state index in [9.17, 15) is 4.79 Å². The average molecular weight is 376 g/mol. The molecular weight excluding hydrogens is 342 g/mol. The number of ether oxygens (including phenoxy) is 1. The molecule has 27 heavy (non-hydrogen) atoms. The van der Waals surface area contributed by atoms with Gasteiger partial charge >= 0.3 is 0 Å². The number of nitrogens with zero attached hydrogens (tertiary/aromatic N) is 2. The van der Waals surface area contributed by atoms with Gasteiger partial charge in [-0.3, -0.25) is 9.69 Å². The van der Waals surface area contributed by atoms with Crippen LogP contribution in [-0.4, -0.2) is 68.7 Å². The smallest absolute Gasteiger partial charge is 0.246 e. The van der Waals surface area contributed by atoms with Crippen molar-refractivity contribution in [3.05, 3.63) is 30.3 Å². The molecule has 0 radical (unpaired) electrons. The summed E-state index contributed by atoms with van der Waals surface area (Å²) in [4.78, 5) is 19.0. The van der Waals surface area contributed by atoms with E-state index in [0.29, 0.717) is 17.9 Å². The molecule has 1 amide bonds. The van der Waals surface area contributed by atoms with Crippen molar-refractivity contribution in [1.82, 2.24) is 15.5 Å². The molecule has 0 bridgehead atoms. The Morgan fingerprint density at radius 2 is 1.89 bits per heavy atom. The number of para-hydroxylation sites is 1. The van der Waals surface area contributed by atoms with Crippen molar-refractivity contribution in [1.29, 1.82) is 0 Å². The van der Waals surface area contributed by atoms with E-state index in [4.69, 9.17) is 4.74 Å². The number of hydrogen-bond donors (Lipinski definition) is 3. The van der Waals surface area contributed by atoms with Gasteiger partial charge in [0.1, 0.15) is 6.54 Å². The first-order chi connectivity index (χ1) is 13.1. The second kappa shape index (κ2) is 11.6. The van der Waals surface area contributed by atoms with Gasteiger partial charge in [-0.2, -0.15) is 0 Å². The molecule has 1 fully saturated rings. The molecule has 1 heterocycles. The standard InChI is InChI=1S/C20H33N5O2/c1-4-21-20(23-15-19(26)24-17-8-6-5-7-9-17)22-14-18(16(2)3)25-10-12-27-13-11-25/h5-9,16,18H,4,10-15H2,1-3H3,(H,24,26)(H2,21,22,23). The maximum absolute atomic E-state index is 12.1. The van der Waals surface area contributed by atoms with Crippen LogP contribution in [0.2, 0.25) is 0 Å². The zero-order valence-corrected chi connectivity index (χ0v) is 16.7. The van der Waals surface area contributed by atoms with Crippen molar-refractivity contribution in [2.45, 2.75) is 26.8 Å². The largest absolute Gasteiger partial charge is 0.379 e. The summed E-state index contributed by atoms with van der Waals surface area (Å²) in [5.41, 5.74) is 0.780. The van der Waals surface area contributed by atoms with E-state index in [1.165, 1.54) is 0 Å². The summed E-state index contributed by atoms with van der Waals surface area (Å²) in [6.07, 6.45) is 0. The maximum Gasteiger partial charge on any atom is 0.246 e. The maximum atomic E-state index is 12.1. The van der Waals surface area contributed by atoms with Crippen LogP contribution in [-0.2, 0) is 9.53 Å². The molecule has 150 valence electrons. The third-order valence-electron chi connectivity index (χ3n) is 4.55. The van der Waals surface area contributed by atoms with Crippen LogP contribution >= 0.6 is 0 Å². The number of anilines is 1. The summed E-state index contributed by atoms with van der Waals surface area (Å²) >= 11 is 0. The molecule has 2 rings (SSSR count). The number of hydrogen-bond acceptors (Lipinski definition) is 4. The quantitative estimate of drug-likeness (QED) is 0.475. The second-order valence-electron chi connectivity index (χ2n) is 6.95. The van der Waals surface area contributed by atoms with E-state index in [0.717, 1.165) is 45.1 Å². The number of morpholine rings is 1. The lowest BCUT2D eigenvalue weighted by Gasteiger charge is -2.37. The van der Waals surface area contributed by atoms with Gasteiger partial charge in [-0.15, -0.1) is 0 Å². The highest BCUT2D eigenvalue weighted by Gasteiger charge is 2.23. The molecule has 0 aliphatic carbocycles. The normalized spacial score (nSPS) is 16.8. The Kier molecular flexibility index (Phi) is 9.07. The van der Waals surface area contributed by atoms with Crippen molar-refractivity contribution < 1.29 is 9.53 Å². The Morgan fingerprint density at radius 1 is 1.19 bits per heavy atom. The van der Waals surface area contributed by atoms with E-state index in [2.05, 4.69) is 39.7 Å². The fraction of sp³-hybridized carbons (Fsp3) is 0.600. The minimum atomic E-state index is -0.132. The van der Waals surface area contributed by atoms with Crippen molar-refractivity contribution in [2.75, 3.05) is 51.3 Å². The Morgan fingerprint density at radius 3 is 2.52 bits per heavy atom. The van der Waals surface area contributed by atoms with Crippen molar-refractivity contribution in [2.24, 2.45) is 10.9 Å². The molecule has 1 atom stereocenters. The number of aliphatic imine (C=N–C) groups is 1. The van der Waals surface area contributed by atoms with Crippen LogP contribution in [0.25, 0.3) is 0 Å². The molecule has 0 saturated carbocycles. The number of nitrogens with one attached hydrogen (secondary N) is 3. The third kappa shape index (κ3) is 7.56. The highest BCUT2D eigenvalue weighted by atomic mass is 16.5. The first-order valence-corrected chi connectivity index (χ1v) is 9.79. The van der Waals surface area contributed by atoms with Crippen molar-refractivity contribution >= 4 is 17.6 Å². The fourth-order valence-corrected chi connectivity index (χ4v) is 3.11. The predicted octanol–water partition coefficient (Wildman–Crippen LogP) is 1.54. The zero-order valence-electron chi connectivity index (χ0n) is 16.7. The Labute approximate surface area is 162 Å². The molecule has 1 aliphatic rings. The summed E-state index contributed by atoms with van der Waals surface area (Å²) in [6.45, 7) is 11.6. The Hall–Kier alpha value is -2.12. The number of carbonyl (C=O) groups is 1. The van der Waals surface area contributed by atoms with Gasteiger partial charge in [0.15, 0.2) is 5.96 Å². The number of amides is 1. The van der Waals surface area contributed by atoms with Gasteiger partial charge < -0.3 is 20.7 Å². The fourth-order valence-electron chi connectivity index (χ4n) is 3.11. The number of benzene rings is 1. The first-order valence-electron chi connectivity index (χ1n) is 9.79. The van der Waals surface area contributed by atoms with E-state index in [-0.39, 0.29) is 12.5 Å². The Balaban J connectivity index is 1.88. The van der Waals surface area contributed by atoms with Gasteiger partial charge in [0.25, 0.3) is 0 Å². The van der Waals surface area contributed by atoms with Gasteiger partial charge in [0, 0.05) is 37.9 Å². The van der Waals surface area contributed by atoms with Crippen LogP contribution in [0, 0.1) is 5.92 Å². The predicted molar refractivity (Wildman–Crippen MR) is 110 cm³/mol. The number of guanidine groups is 1. The lowest BCUT2D eigenvalue weighted by molar-refractivity contribution is -0.114. The molecule has 1 saturated heterocycles. The lowest BCUT2D eigenvalue weighted by atomic mass is 10.0. The van der Waals surface area contributed by atoms with Crippen LogP contribution in [0.3, 0.4) is 0 Å². The van der Waals surface area contributed by atoms with Crippen molar-refractivity contribution in [3.8, 4) is 0 Å². The van der Waals surface area contributed by atoms with Gasteiger partial charge in [-0.05, 0) is 25.0 Å². The molecule has 1 aromatic carbocycles. The molecule has 3 N–H and O–H groups in total. The molecule has 1 unspecified atom stereocenters. The SMILES string of the molecule is CCNC(=NCC(=O)Nc1ccccc1)NCC(C(C)C)N1CCOCC1. The zero-order chi connectivity index (χ0) is 19.5. The molecule has 7 nitrogen and oxygen atoms in total. The summed E-state index contributed by atoms with van der Waals surface area (Å²) in [5.74, 6) is 1.05. The van der Waals surface area contributed by atoms with Gasteiger partial charge in [0.2, 0.25) is 5.91 Å². The van der Waals surface area contributed by atoms with E-state index in [1.54, 1.807) is 0 Å². The summed E-state index contributed by atoms with van der Waals surface area (Å²) < 4.78 is 5.46. The Bertz CT molecular complexity index is 585. The molecule has 1 aliphatic heterocycles.